The molecule has 0 aromatic carbocycles. The number of hydrogen-bond donors (Lipinski definition) is 0. The molecular weight excluding hydrogens is 130 g/mol. The van der Waals surface area contributed by atoms with E-state index in [0.29, 0.717) is 0 Å². The zero-order chi connectivity index (χ0) is 6.91. The molecular formula is C7H12NS+. The normalized spacial score (nSPS) is 11.9. The molecule has 1 heterocycles. The Hall–Kier alpha value is -0.370. The van der Waals surface area contributed by atoms with Crippen molar-refractivity contribution in [2.45, 2.75) is 26.3 Å². The Labute approximate surface area is 60.1 Å². The average molecular weight is 142 g/mol. The predicted octanol–water partition coefficient (Wildman–Crippen LogP) is 1.79. The molecule has 0 fully saturated rings. The quantitative estimate of drug-likeness (QED) is 0.486. The fraction of sp³-hybridized carbons (Fsp3) is 0.571. The Kier molecular flexibility index (Phi) is 1.58. The van der Waals surface area contributed by atoms with Gasteiger partial charge in [0, 0.05) is 26.8 Å². The molecule has 0 saturated heterocycles. The van der Waals surface area contributed by atoms with Gasteiger partial charge in [0.15, 0.2) is 11.7 Å². The van der Waals surface area contributed by atoms with E-state index < -0.39 is 0 Å². The molecule has 1 aromatic rings. The Bertz CT molecular complexity index is 171. The summed E-state index contributed by atoms with van der Waals surface area (Å²) >= 11 is 1.75. The summed E-state index contributed by atoms with van der Waals surface area (Å²) in [4.78, 5) is 0. The van der Waals surface area contributed by atoms with E-state index >= 15 is 0 Å². The third-order valence-corrected chi connectivity index (χ3v) is 2.31. The first-order valence-corrected chi connectivity index (χ1v) is 3.90. The number of aromatic nitrogens is 1. The molecule has 0 atom stereocenters. The molecule has 50 valence electrons. The van der Waals surface area contributed by atoms with E-state index in [1.807, 2.05) is 0 Å². The second-order valence-corrected chi connectivity index (χ2v) is 3.96. The number of nitrogens with zero attached hydrogens (tertiary/aromatic N) is 1. The van der Waals surface area contributed by atoms with Crippen LogP contribution < -0.4 is 3.96 Å². The second-order valence-electron chi connectivity index (χ2n) is 3.08. The summed E-state index contributed by atoms with van der Waals surface area (Å²) in [5.41, 5.74) is 0.258. The van der Waals surface area contributed by atoms with Gasteiger partial charge in [0.1, 0.15) is 11.5 Å². The van der Waals surface area contributed by atoms with Crippen molar-refractivity contribution < 1.29 is 3.96 Å². The van der Waals surface area contributed by atoms with Gasteiger partial charge in [0.2, 0.25) is 0 Å². The minimum atomic E-state index is 0.258. The maximum absolute atomic E-state index is 2.23. The van der Waals surface area contributed by atoms with Crippen molar-refractivity contribution in [3.8, 4) is 0 Å². The summed E-state index contributed by atoms with van der Waals surface area (Å²) in [6.07, 6.45) is 2.10. The first-order valence-electron chi connectivity index (χ1n) is 3.07. The van der Waals surface area contributed by atoms with Crippen LogP contribution in [0.25, 0.3) is 0 Å². The minimum absolute atomic E-state index is 0.258. The monoisotopic (exact) mass is 142 g/mol. The Morgan fingerprint density at radius 1 is 1.33 bits per heavy atom. The van der Waals surface area contributed by atoms with E-state index in [1.165, 1.54) is 0 Å². The largest absolute Gasteiger partial charge is 0.184 e. The fourth-order valence-electron chi connectivity index (χ4n) is 0.631. The smallest absolute Gasteiger partial charge is 0.137 e. The van der Waals surface area contributed by atoms with Crippen molar-refractivity contribution in [1.82, 2.24) is 0 Å². The first-order chi connectivity index (χ1) is 4.11. The highest BCUT2D eigenvalue weighted by atomic mass is 32.1. The van der Waals surface area contributed by atoms with E-state index in [1.54, 1.807) is 11.5 Å². The molecule has 1 aromatic heterocycles. The summed E-state index contributed by atoms with van der Waals surface area (Å²) in [5.74, 6) is 0. The zero-order valence-electron chi connectivity index (χ0n) is 6.09. The van der Waals surface area contributed by atoms with Gasteiger partial charge >= 0.3 is 0 Å². The summed E-state index contributed by atoms with van der Waals surface area (Å²) in [6.45, 7) is 6.59. The molecule has 1 nitrogen and oxygen atoms in total. The van der Waals surface area contributed by atoms with Crippen molar-refractivity contribution in [3.05, 3.63) is 17.6 Å². The SMILES string of the molecule is CC(C)(C)[n+]1cccs1. The van der Waals surface area contributed by atoms with Crippen LogP contribution in [-0.4, -0.2) is 0 Å². The van der Waals surface area contributed by atoms with Crippen LogP contribution in [0, 0.1) is 0 Å². The second kappa shape index (κ2) is 2.10. The third kappa shape index (κ3) is 1.52. The van der Waals surface area contributed by atoms with Gasteiger partial charge in [0.25, 0.3) is 0 Å². The predicted molar refractivity (Wildman–Crippen MR) is 39.5 cm³/mol. The Balaban J connectivity index is 2.90. The van der Waals surface area contributed by atoms with Crippen LogP contribution in [0.3, 0.4) is 0 Å². The van der Waals surface area contributed by atoms with Crippen LogP contribution in [0.1, 0.15) is 20.8 Å². The molecule has 1 rings (SSSR count). The Morgan fingerprint density at radius 2 is 2.00 bits per heavy atom. The summed E-state index contributed by atoms with van der Waals surface area (Å²) < 4.78 is 2.23. The topological polar surface area (TPSA) is 3.88 Å². The van der Waals surface area contributed by atoms with Gasteiger partial charge in [-0.25, -0.2) is 0 Å². The molecule has 0 bridgehead atoms. The summed E-state index contributed by atoms with van der Waals surface area (Å²) in [6, 6.07) is 2.07. The molecule has 0 saturated carbocycles. The molecule has 0 aliphatic heterocycles. The van der Waals surface area contributed by atoms with Gasteiger partial charge in [-0.05, 0) is 0 Å². The zero-order valence-corrected chi connectivity index (χ0v) is 6.90. The van der Waals surface area contributed by atoms with Gasteiger partial charge in [-0.3, -0.25) is 0 Å². The lowest BCUT2D eigenvalue weighted by Crippen LogP contribution is -2.45. The van der Waals surface area contributed by atoms with Crippen molar-refractivity contribution in [3.63, 3.8) is 0 Å². The van der Waals surface area contributed by atoms with Crippen LogP contribution in [0.5, 0.6) is 0 Å². The molecule has 0 aliphatic carbocycles. The lowest BCUT2D eigenvalue weighted by Gasteiger charge is -2.07. The molecule has 9 heavy (non-hydrogen) atoms. The highest BCUT2D eigenvalue weighted by molar-refractivity contribution is 6.99. The molecule has 0 amide bonds. The first kappa shape index (κ1) is 6.75. The van der Waals surface area contributed by atoms with Crippen LogP contribution >= 0.6 is 11.5 Å². The number of rotatable bonds is 0. The summed E-state index contributed by atoms with van der Waals surface area (Å²) in [5, 5.41) is 2.09. The summed E-state index contributed by atoms with van der Waals surface area (Å²) in [7, 11) is 0. The van der Waals surface area contributed by atoms with Crippen molar-refractivity contribution >= 4 is 11.5 Å². The third-order valence-electron chi connectivity index (χ3n) is 1.14. The van der Waals surface area contributed by atoms with E-state index in [0.717, 1.165) is 0 Å². The van der Waals surface area contributed by atoms with Crippen molar-refractivity contribution in [2.75, 3.05) is 0 Å². The van der Waals surface area contributed by atoms with E-state index in [-0.39, 0.29) is 5.54 Å². The van der Waals surface area contributed by atoms with E-state index in [9.17, 15) is 0 Å². The van der Waals surface area contributed by atoms with Gasteiger partial charge < -0.3 is 0 Å². The molecule has 0 aliphatic rings. The van der Waals surface area contributed by atoms with E-state index in [2.05, 4.69) is 42.4 Å². The highest BCUT2D eigenvalue weighted by Crippen LogP contribution is 2.04. The highest BCUT2D eigenvalue weighted by Gasteiger charge is 2.21. The maximum atomic E-state index is 2.23. The lowest BCUT2D eigenvalue weighted by molar-refractivity contribution is -0.692. The van der Waals surface area contributed by atoms with Crippen LogP contribution in [0.15, 0.2) is 17.6 Å². The van der Waals surface area contributed by atoms with Gasteiger partial charge in [-0.15, -0.1) is 3.96 Å². The maximum Gasteiger partial charge on any atom is 0.184 e. The van der Waals surface area contributed by atoms with Gasteiger partial charge in [-0.2, -0.15) is 0 Å². The van der Waals surface area contributed by atoms with E-state index in [4.69, 9.17) is 0 Å². The van der Waals surface area contributed by atoms with Crippen LogP contribution in [0.2, 0.25) is 0 Å². The van der Waals surface area contributed by atoms with Crippen LogP contribution in [0.4, 0.5) is 0 Å². The fourth-order valence-corrected chi connectivity index (χ4v) is 1.36. The molecule has 0 radical (unpaired) electrons. The van der Waals surface area contributed by atoms with Crippen molar-refractivity contribution in [1.29, 1.82) is 0 Å². The molecule has 0 unspecified atom stereocenters. The van der Waals surface area contributed by atoms with Gasteiger partial charge in [-0.1, -0.05) is 0 Å². The lowest BCUT2D eigenvalue weighted by atomic mass is 10.1. The average Bonchev–Trinajstić information content (AvgIpc) is 2.08. The molecule has 0 spiro atoms. The molecule has 2 heteroatoms. The molecule has 0 N–H and O–H groups in total. The van der Waals surface area contributed by atoms with Crippen LogP contribution in [-0.2, 0) is 5.54 Å². The van der Waals surface area contributed by atoms with Crippen molar-refractivity contribution in [2.24, 2.45) is 0 Å². The number of hydrogen-bond acceptors (Lipinski definition) is 1. The van der Waals surface area contributed by atoms with Gasteiger partial charge in [0.05, 0.1) is 5.38 Å². The minimum Gasteiger partial charge on any atom is -0.137 e. The standard InChI is InChI=1S/C7H12NS/c1-7(2,3)8-5-4-6-9-8/h4-6H,1-3H3/q+1. The Morgan fingerprint density at radius 3 is 2.22 bits per heavy atom.